The Bertz CT molecular complexity index is 1410. The first-order chi connectivity index (χ1) is 19.7. The van der Waals surface area contributed by atoms with Crippen LogP contribution in [0.5, 0.6) is 5.75 Å². The highest BCUT2D eigenvalue weighted by Crippen LogP contribution is 2.28. The van der Waals surface area contributed by atoms with Crippen LogP contribution in [0.4, 0.5) is 16.4 Å². The molecule has 0 spiro atoms. The van der Waals surface area contributed by atoms with Gasteiger partial charge in [0.25, 0.3) is 0 Å². The van der Waals surface area contributed by atoms with Gasteiger partial charge in [0.2, 0.25) is 5.95 Å². The van der Waals surface area contributed by atoms with Crippen molar-refractivity contribution in [2.45, 2.75) is 51.5 Å². The molecule has 2 aliphatic heterocycles. The van der Waals surface area contributed by atoms with Crippen LogP contribution in [-0.2, 0) is 16.0 Å². The highest BCUT2D eigenvalue weighted by molar-refractivity contribution is 5.69. The Hall–Kier alpha value is -4.27. The summed E-state index contributed by atoms with van der Waals surface area (Å²) in [5, 5.41) is 13.0. The molecule has 11 nitrogen and oxygen atoms in total. The van der Waals surface area contributed by atoms with Crippen LogP contribution in [0.2, 0.25) is 0 Å². The number of benzene rings is 1. The Balaban J connectivity index is 1.20. The van der Waals surface area contributed by atoms with E-state index in [1.54, 1.807) is 42.6 Å². The number of anilines is 2. The first-order valence-electron chi connectivity index (χ1n) is 13.7. The highest BCUT2D eigenvalue weighted by Gasteiger charge is 2.31. The van der Waals surface area contributed by atoms with Crippen molar-refractivity contribution in [3.63, 3.8) is 0 Å². The number of aromatic nitrogens is 3. The van der Waals surface area contributed by atoms with Gasteiger partial charge in [-0.25, -0.2) is 14.8 Å². The van der Waals surface area contributed by atoms with Crippen molar-refractivity contribution >= 4 is 17.7 Å². The molecule has 2 aliphatic rings. The van der Waals surface area contributed by atoms with E-state index in [1.165, 1.54) is 0 Å². The first kappa shape index (κ1) is 28.3. The Morgan fingerprint density at radius 3 is 2.66 bits per heavy atom. The number of carbonyl (C=O) groups excluding carboxylic acids is 1. The summed E-state index contributed by atoms with van der Waals surface area (Å²) in [5.74, 6) is 0.900. The van der Waals surface area contributed by atoms with Crippen LogP contribution in [-0.4, -0.2) is 81.9 Å². The minimum atomic E-state index is -0.555. The molecule has 0 radical (unpaired) electrons. The molecule has 5 rings (SSSR count). The number of nitriles is 1. The summed E-state index contributed by atoms with van der Waals surface area (Å²) >= 11 is 0. The molecule has 214 valence electrons. The van der Waals surface area contributed by atoms with Gasteiger partial charge < -0.3 is 24.4 Å². The first-order valence-corrected chi connectivity index (χ1v) is 13.7. The standard InChI is InChI=1S/C30H35N7O4/c1-30(2,3)41-29(38)37-12-10-24(19-37)40-27-8-5-20(13-21(27)14-31)26-9-11-32-28(35-26)34-22-6-7-23(33-15-22)16-36-17-25(18-36)39-4/h5-9,11,13,15,24-25H,10,12,16-19H2,1-4H3,(H,32,34,35)/t24-/m1/s1. The third-order valence-electron chi connectivity index (χ3n) is 6.87. The summed E-state index contributed by atoms with van der Waals surface area (Å²) in [5.41, 5.74) is 3.03. The van der Waals surface area contributed by atoms with E-state index in [4.69, 9.17) is 14.2 Å². The number of amides is 1. The van der Waals surface area contributed by atoms with E-state index in [-0.39, 0.29) is 12.2 Å². The van der Waals surface area contributed by atoms with E-state index in [2.05, 4.69) is 31.2 Å². The topological polar surface area (TPSA) is 126 Å². The average Bonchev–Trinajstić information content (AvgIpc) is 3.40. The lowest BCUT2D eigenvalue weighted by atomic mass is 10.1. The van der Waals surface area contributed by atoms with Gasteiger partial charge in [-0.1, -0.05) is 0 Å². The number of ether oxygens (including phenoxy) is 3. The molecule has 1 atom stereocenters. The van der Waals surface area contributed by atoms with Gasteiger partial charge in [0.05, 0.1) is 41.5 Å². The summed E-state index contributed by atoms with van der Waals surface area (Å²) < 4.78 is 16.9. The maximum absolute atomic E-state index is 12.4. The van der Waals surface area contributed by atoms with Crippen LogP contribution in [0, 0.1) is 11.3 Å². The number of nitrogens with one attached hydrogen (secondary N) is 1. The van der Waals surface area contributed by atoms with E-state index in [0.29, 0.717) is 48.6 Å². The van der Waals surface area contributed by atoms with Crippen molar-refractivity contribution in [2.24, 2.45) is 0 Å². The van der Waals surface area contributed by atoms with Gasteiger partial charge in [0.15, 0.2) is 0 Å². The van der Waals surface area contributed by atoms with E-state index in [0.717, 1.165) is 36.6 Å². The van der Waals surface area contributed by atoms with Crippen molar-refractivity contribution in [1.29, 1.82) is 5.26 Å². The lowest BCUT2D eigenvalue weighted by Gasteiger charge is -2.37. The van der Waals surface area contributed by atoms with Crippen LogP contribution in [0.15, 0.2) is 48.8 Å². The quantitative estimate of drug-likeness (QED) is 0.427. The fourth-order valence-corrected chi connectivity index (χ4v) is 4.71. The van der Waals surface area contributed by atoms with Crippen molar-refractivity contribution in [3.05, 3.63) is 60.0 Å². The van der Waals surface area contributed by atoms with Gasteiger partial charge in [-0.15, -0.1) is 0 Å². The van der Waals surface area contributed by atoms with Crippen LogP contribution in [0.1, 0.15) is 38.4 Å². The normalized spacial score (nSPS) is 17.5. The number of likely N-dealkylation sites (tertiary alicyclic amines) is 2. The molecule has 41 heavy (non-hydrogen) atoms. The molecule has 0 aliphatic carbocycles. The number of nitrogens with zero attached hydrogens (tertiary/aromatic N) is 6. The van der Waals surface area contributed by atoms with Crippen LogP contribution in [0.25, 0.3) is 11.3 Å². The summed E-state index contributed by atoms with van der Waals surface area (Å²) in [6.07, 6.45) is 3.84. The zero-order valence-electron chi connectivity index (χ0n) is 23.8. The van der Waals surface area contributed by atoms with Crippen molar-refractivity contribution in [3.8, 4) is 23.1 Å². The molecule has 1 amide bonds. The Labute approximate surface area is 240 Å². The van der Waals surface area contributed by atoms with E-state index >= 15 is 0 Å². The van der Waals surface area contributed by atoms with E-state index in [1.807, 2.05) is 39.0 Å². The second-order valence-corrected chi connectivity index (χ2v) is 11.3. The minimum Gasteiger partial charge on any atom is -0.487 e. The van der Waals surface area contributed by atoms with Gasteiger partial charge in [-0.05, 0) is 57.2 Å². The lowest BCUT2D eigenvalue weighted by Crippen LogP contribution is -2.51. The smallest absolute Gasteiger partial charge is 0.410 e. The highest BCUT2D eigenvalue weighted by atomic mass is 16.6. The number of hydrogen-bond acceptors (Lipinski definition) is 10. The zero-order chi connectivity index (χ0) is 29.0. The Morgan fingerprint density at radius 1 is 1.12 bits per heavy atom. The van der Waals surface area contributed by atoms with Crippen LogP contribution < -0.4 is 10.1 Å². The summed E-state index contributed by atoms with van der Waals surface area (Å²) in [6.45, 7) is 9.11. The predicted molar refractivity (Wildman–Crippen MR) is 153 cm³/mol. The van der Waals surface area contributed by atoms with Gasteiger partial charge in [0, 0.05) is 51.5 Å². The van der Waals surface area contributed by atoms with Crippen LogP contribution in [0.3, 0.4) is 0 Å². The molecule has 1 aromatic carbocycles. The van der Waals surface area contributed by atoms with Crippen molar-refractivity contribution in [1.82, 2.24) is 24.8 Å². The molecule has 1 N–H and O–H groups in total. The molecular formula is C30H35N7O4. The zero-order valence-corrected chi connectivity index (χ0v) is 23.8. The van der Waals surface area contributed by atoms with E-state index < -0.39 is 5.60 Å². The third kappa shape index (κ3) is 7.28. The third-order valence-corrected chi connectivity index (χ3v) is 6.87. The monoisotopic (exact) mass is 557 g/mol. The summed E-state index contributed by atoms with van der Waals surface area (Å²) in [7, 11) is 1.74. The van der Waals surface area contributed by atoms with Crippen molar-refractivity contribution < 1.29 is 19.0 Å². The molecule has 11 heteroatoms. The molecule has 0 saturated carbocycles. The minimum absolute atomic E-state index is 0.219. The molecule has 2 fully saturated rings. The van der Waals surface area contributed by atoms with E-state index in [9.17, 15) is 10.1 Å². The molecule has 2 aromatic heterocycles. The fourth-order valence-electron chi connectivity index (χ4n) is 4.71. The summed E-state index contributed by atoms with van der Waals surface area (Å²) in [4.78, 5) is 29.8. The van der Waals surface area contributed by atoms with Gasteiger partial charge in [0.1, 0.15) is 23.5 Å². The maximum Gasteiger partial charge on any atom is 0.410 e. The summed E-state index contributed by atoms with van der Waals surface area (Å²) in [6, 6.07) is 13.3. The number of pyridine rings is 1. The second-order valence-electron chi connectivity index (χ2n) is 11.3. The molecule has 0 unspecified atom stereocenters. The largest absolute Gasteiger partial charge is 0.487 e. The van der Waals surface area contributed by atoms with Gasteiger partial charge in [-0.2, -0.15) is 5.26 Å². The Morgan fingerprint density at radius 2 is 1.95 bits per heavy atom. The number of methoxy groups -OCH3 is 1. The Kier molecular flexibility index (Phi) is 8.33. The fraction of sp³-hybridized carbons (Fsp3) is 0.433. The van der Waals surface area contributed by atoms with Gasteiger partial charge in [-0.3, -0.25) is 9.88 Å². The maximum atomic E-state index is 12.4. The lowest BCUT2D eigenvalue weighted by molar-refractivity contribution is -0.0339. The van der Waals surface area contributed by atoms with Gasteiger partial charge >= 0.3 is 6.09 Å². The molecule has 2 saturated heterocycles. The molecular weight excluding hydrogens is 522 g/mol. The number of rotatable bonds is 8. The number of carbonyl (C=O) groups is 1. The molecule has 4 heterocycles. The van der Waals surface area contributed by atoms with Crippen LogP contribution >= 0.6 is 0 Å². The van der Waals surface area contributed by atoms with Crippen molar-refractivity contribution in [2.75, 3.05) is 38.6 Å². The number of hydrogen-bond donors (Lipinski definition) is 1. The second kappa shape index (κ2) is 12.1. The molecule has 0 bridgehead atoms. The molecule has 3 aromatic rings. The predicted octanol–water partition coefficient (Wildman–Crippen LogP) is 4.37. The average molecular weight is 558 g/mol. The SMILES string of the molecule is COC1CN(Cc2ccc(Nc3nccc(-c4ccc(O[C@@H]5CCN(C(=O)OC(C)(C)C)C5)c(C#N)c4)n3)cn2)C1.